The van der Waals surface area contributed by atoms with Crippen molar-refractivity contribution in [3.63, 3.8) is 0 Å². The number of carbonyl (C=O) groups excluding carboxylic acids is 1. The molecule has 0 saturated carbocycles. The van der Waals surface area contributed by atoms with E-state index in [0.29, 0.717) is 11.5 Å². The number of carbonyl (C=O) groups is 1. The van der Waals surface area contributed by atoms with Crippen LogP contribution < -0.4 is 15.2 Å². The van der Waals surface area contributed by atoms with Gasteiger partial charge in [0.25, 0.3) is 0 Å². The molecule has 0 unspecified atom stereocenters. The van der Waals surface area contributed by atoms with E-state index < -0.39 is 5.91 Å². The lowest BCUT2D eigenvalue weighted by molar-refractivity contribution is -0.113. The summed E-state index contributed by atoms with van der Waals surface area (Å²) in [5, 5.41) is 8.41. The summed E-state index contributed by atoms with van der Waals surface area (Å²) in [6.45, 7) is -0.0488. The molecular formula is C12H12N2O3. The number of nitriles is 1. The second-order valence-electron chi connectivity index (χ2n) is 3.09. The summed E-state index contributed by atoms with van der Waals surface area (Å²) in [6.07, 6.45) is 2.82. The molecule has 0 aromatic heterocycles. The van der Waals surface area contributed by atoms with Crippen LogP contribution in [-0.2, 0) is 4.79 Å². The van der Waals surface area contributed by atoms with Gasteiger partial charge in [-0.05, 0) is 23.8 Å². The lowest BCUT2D eigenvalue weighted by Gasteiger charge is -2.08. The summed E-state index contributed by atoms with van der Waals surface area (Å²) in [4.78, 5) is 10.6. The fourth-order valence-corrected chi connectivity index (χ4v) is 1.20. The molecule has 0 aliphatic rings. The molecule has 0 bridgehead atoms. The summed E-state index contributed by atoms with van der Waals surface area (Å²) in [7, 11) is 1.50. The number of benzene rings is 1. The third-order valence-corrected chi connectivity index (χ3v) is 1.92. The molecule has 17 heavy (non-hydrogen) atoms. The number of nitrogens with zero attached hydrogens (tertiary/aromatic N) is 1. The largest absolute Gasteiger partial charge is 0.493 e. The summed E-state index contributed by atoms with van der Waals surface area (Å²) >= 11 is 0. The van der Waals surface area contributed by atoms with E-state index in [-0.39, 0.29) is 6.61 Å². The number of rotatable bonds is 5. The van der Waals surface area contributed by atoms with Crippen molar-refractivity contribution in [3.05, 3.63) is 29.8 Å². The van der Waals surface area contributed by atoms with Gasteiger partial charge in [-0.1, -0.05) is 6.07 Å². The van der Waals surface area contributed by atoms with Crippen LogP contribution in [0.25, 0.3) is 6.08 Å². The molecule has 0 fully saturated rings. The number of hydrogen-bond donors (Lipinski definition) is 1. The predicted molar refractivity (Wildman–Crippen MR) is 62.3 cm³/mol. The van der Waals surface area contributed by atoms with E-state index in [2.05, 4.69) is 0 Å². The molecule has 0 aliphatic heterocycles. The Labute approximate surface area is 99.1 Å². The maximum absolute atomic E-state index is 10.6. The number of hydrogen-bond acceptors (Lipinski definition) is 4. The molecule has 0 aliphatic carbocycles. The average molecular weight is 232 g/mol. The van der Waals surface area contributed by atoms with Crippen molar-refractivity contribution in [2.24, 2.45) is 5.73 Å². The maximum Gasteiger partial charge on any atom is 0.241 e. The quantitative estimate of drug-likeness (QED) is 0.770. The second kappa shape index (κ2) is 6.18. The van der Waals surface area contributed by atoms with E-state index in [4.69, 9.17) is 20.5 Å². The van der Waals surface area contributed by atoms with Crippen molar-refractivity contribution in [2.45, 2.75) is 0 Å². The highest BCUT2D eigenvalue weighted by molar-refractivity contribution is 5.90. The van der Waals surface area contributed by atoms with Crippen LogP contribution in [0.2, 0.25) is 0 Å². The van der Waals surface area contributed by atoms with Crippen LogP contribution in [0.4, 0.5) is 0 Å². The molecular weight excluding hydrogens is 220 g/mol. The van der Waals surface area contributed by atoms with Gasteiger partial charge in [0.15, 0.2) is 18.1 Å². The standard InChI is InChI=1S/C12H12N2O3/c1-16-11-8-9(3-5-12(14)15)2-4-10(11)17-7-6-13/h2-5,8H,7H2,1H3,(H2,14,15)/b5-3+. The Balaban J connectivity index is 2.92. The average Bonchev–Trinajstić information content (AvgIpc) is 2.34. The van der Waals surface area contributed by atoms with Gasteiger partial charge in [-0.15, -0.1) is 0 Å². The van der Waals surface area contributed by atoms with Gasteiger partial charge in [0.1, 0.15) is 6.07 Å². The van der Waals surface area contributed by atoms with Crippen molar-refractivity contribution < 1.29 is 14.3 Å². The zero-order valence-corrected chi connectivity index (χ0v) is 9.34. The highest BCUT2D eigenvalue weighted by atomic mass is 16.5. The molecule has 0 heterocycles. The molecule has 88 valence electrons. The van der Waals surface area contributed by atoms with Crippen molar-refractivity contribution in [1.82, 2.24) is 0 Å². The molecule has 2 N–H and O–H groups in total. The lowest BCUT2D eigenvalue weighted by Crippen LogP contribution is -2.05. The van der Waals surface area contributed by atoms with Gasteiger partial charge in [0.05, 0.1) is 7.11 Å². The highest BCUT2D eigenvalue weighted by Crippen LogP contribution is 2.28. The van der Waals surface area contributed by atoms with Crippen molar-refractivity contribution in [3.8, 4) is 17.6 Å². The normalized spacial score (nSPS) is 9.88. The zero-order valence-electron chi connectivity index (χ0n) is 9.34. The summed E-state index contributed by atoms with van der Waals surface area (Å²) in [5.41, 5.74) is 5.74. The van der Waals surface area contributed by atoms with Crippen LogP contribution in [0.3, 0.4) is 0 Å². The first kappa shape index (κ1) is 12.6. The van der Waals surface area contributed by atoms with E-state index in [0.717, 1.165) is 5.56 Å². The van der Waals surface area contributed by atoms with Gasteiger partial charge in [-0.2, -0.15) is 5.26 Å². The second-order valence-corrected chi connectivity index (χ2v) is 3.09. The zero-order chi connectivity index (χ0) is 12.7. The molecule has 0 saturated heterocycles. The van der Waals surface area contributed by atoms with Gasteiger partial charge >= 0.3 is 0 Å². The first-order valence-electron chi connectivity index (χ1n) is 4.82. The van der Waals surface area contributed by atoms with Gasteiger partial charge in [0.2, 0.25) is 5.91 Å². The number of methoxy groups -OCH3 is 1. The molecule has 5 nitrogen and oxygen atoms in total. The molecule has 0 atom stereocenters. The van der Waals surface area contributed by atoms with Gasteiger partial charge < -0.3 is 15.2 Å². The number of ether oxygens (including phenoxy) is 2. The Hall–Kier alpha value is -2.48. The number of amides is 1. The van der Waals surface area contributed by atoms with Crippen LogP contribution in [0.1, 0.15) is 5.56 Å². The summed E-state index contributed by atoms with van der Waals surface area (Å²) in [5.74, 6) is 0.450. The minimum Gasteiger partial charge on any atom is -0.493 e. The third-order valence-electron chi connectivity index (χ3n) is 1.92. The highest BCUT2D eigenvalue weighted by Gasteiger charge is 2.04. The van der Waals surface area contributed by atoms with E-state index in [1.807, 2.05) is 6.07 Å². The number of nitrogens with two attached hydrogens (primary N) is 1. The van der Waals surface area contributed by atoms with Gasteiger partial charge in [-0.25, -0.2) is 0 Å². The Morgan fingerprint density at radius 1 is 1.53 bits per heavy atom. The Morgan fingerprint density at radius 3 is 2.88 bits per heavy atom. The predicted octanol–water partition coefficient (Wildman–Crippen LogP) is 1.10. The number of primary amides is 1. The van der Waals surface area contributed by atoms with Gasteiger partial charge in [0, 0.05) is 6.08 Å². The Bertz CT molecular complexity index is 475. The fourth-order valence-electron chi connectivity index (χ4n) is 1.20. The van der Waals surface area contributed by atoms with E-state index in [9.17, 15) is 4.79 Å². The molecule has 5 heteroatoms. The Kier molecular flexibility index (Phi) is 4.58. The first-order valence-corrected chi connectivity index (χ1v) is 4.82. The van der Waals surface area contributed by atoms with Crippen molar-refractivity contribution in [1.29, 1.82) is 5.26 Å². The van der Waals surface area contributed by atoms with E-state index >= 15 is 0 Å². The maximum atomic E-state index is 10.6. The molecule has 0 spiro atoms. The van der Waals surface area contributed by atoms with E-state index in [1.54, 1.807) is 24.3 Å². The van der Waals surface area contributed by atoms with E-state index in [1.165, 1.54) is 13.2 Å². The molecule has 1 amide bonds. The molecule has 1 aromatic rings. The minimum absolute atomic E-state index is 0.0488. The SMILES string of the molecule is COc1cc(/C=C/C(N)=O)ccc1OCC#N. The van der Waals surface area contributed by atoms with Crippen molar-refractivity contribution in [2.75, 3.05) is 13.7 Å². The topological polar surface area (TPSA) is 85.3 Å². The molecule has 1 rings (SSSR count). The summed E-state index contributed by atoms with van der Waals surface area (Å²) in [6, 6.07) is 6.95. The van der Waals surface area contributed by atoms with Crippen LogP contribution in [0, 0.1) is 11.3 Å². The molecule has 0 radical (unpaired) electrons. The van der Waals surface area contributed by atoms with Crippen LogP contribution >= 0.6 is 0 Å². The summed E-state index contributed by atoms with van der Waals surface area (Å²) < 4.78 is 10.3. The monoisotopic (exact) mass is 232 g/mol. The van der Waals surface area contributed by atoms with Gasteiger partial charge in [-0.3, -0.25) is 4.79 Å². The van der Waals surface area contributed by atoms with Crippen molar-refractivity contribution >= 4 is 12.0 Å². The first-order chi connectivity index (χ1) is 8.17. The van der Waals surface area contributed by atoms with Crippen LogP contribution in [0.5, 0.6) is 11.5 Å². The Morgan fingerprint density at radius 2 is 2.29 bits per heavy atom. The fraction of sp³-hybridized carbons (Fsp3) is 0.167. The lowest BCUT2D eigenvalue weighted by atomic mass is 10.2. The smallest absolute Gasteiger partial charge is 0.241 e. The third kappa shape index (κ3) is 3.87. The van der Waals surface area contributed by atoms with Crippen LogP contribution in [-0.4, -0.2) is 19.6 Å². The molecule has 1 aromatic carbocycles. The van der Waals surface area contributed by atoms with Crippen LogP contribution in [0.15, 0.2) is 24.3 Å². The minimum atomic E-state index is -0.520.